The Morgan fingerprint density at radius 1 is 1.29 bits per heavy atom. The van der Waals surface area contributed by atoms with Crippen molar-refractivity contribution in [2.45, 2.75) is 40.5 Å². The van der Waals surface area contributed by atoms with Gasteiger partial charge in [0, 0.05) is 18.3 Å². The highest BCUT2D eigenvalue weighted by Crippen LogP contribution is 2.12. The van der Waals surface area contributed by atoms with E-state index in [9.17, 15) is 0 Å². The zero-order chi connectivity index (χ0) is 11.0. The van der Waals surface area contributed by atoms with E-state index in [1.54, 1.807) is 6.33 Å². The van der Waals surface area contributed by atoms with E-state index in [4.69, 9.17) is 0 Å². The van der Waals surface area contributed by atoms with Crippen LogP contribution in [0.1, 0.15) is 46.2 Å². The van der Waals surface area contributed by atoms with E-state index in [2.05, 4.69) is 36.1 Å². The molecule has 0 aliphatic heterocycles. The predicted molar refractivity (Wildman–Crippen MR) is 61.6 cm³/mol. The molecule has 0 fully saturated rings. The van der Waals surface area contributed by atoms with Crippen LogP contribution in [0.15, 0.2) is 12.4 Å². The van der Waals surface area contributed by atoms with Crippen molar-refractivity contribution in [3.63, 3.8) is 0 Å². The first-order chi connectivity index (χ1) is 6.74. The molecule has 1 aromatic rings. The molecule has 1 aromatic heterocycles. The third-order valence-electron chi connectivity index (χ3n) is 1.64. The maximum absolute atomic E-state index is 4.17. The van der Waals surface area contributed by atoms with Gasteiger partial charge in [-0.1, -0.05) is 27.7 Å². The minimum absolute atomic E-state index is 0.463. The van der Waals surface area contributed by atoms with Crippen molar-refractivity contribution in [2.24, 2.45) is 0 Å². The van der Waals surface area contributed by atoms with E-state index >= 15 is 0 Å². The summed E-state index contributed by atoms with van der Waals surface area (Å²) in [5.41, 5.74) is 1.08. The van der Waals surface area contributed by atoms with Crippen LogP contribution in [-0.2, 0) is 0 Å². The van der Waals surface area contributed by atoms with Crippen LogP contribution < -0.4 is 5.32 Å². The molecule has 14 heavy (non-hydrogen) atoms. The first kappa shape index (κ1) is 12.9. The van der Waals surface area contributed by atoms with Gasteiger partial charge in [-0.3, -0.25) is 0 Å². The predicted octanol–water partition coefficient (Wildman–Crippen LogP) is 3.06. The summed E-state index contributed by atoms with van der Waals surface area (Å²) in [5.74, 6) is 1.38. The summed E-state index contributed by atoms with van der Waals surface area (Å²) in [6.07, 6.45) is 1.60. The zero-order valence-corrected chi connectivity index (χ0v) is 9.83. The lowest BCUT2D eigenvalue weighted by atomic mass is 10.1. The molecule has 0 saturated heterocycles. The van der Waals surface area contributed by atoms with Gasteiger partial charge in [0.25, 0.3) is 0 Å². The summed E-state index contributed by atoms with van der Waals surface area (Å²) in [7, 11) is 0. The Kier molecular flexibility index (Phi) is 6.72. The number of hydrogen-bond acceptors (Lipinski definition) is 3. The van der Waals surface area contributed by atoms with Gasteiger partial charge in [-0.05, 0) is 12.8 Å². The molecule has 0 radical (unpaired) electrons. The largest absolute Gasteiger partial charge is 0.370 e. The molecule has 80 valence electrons. The van der Waals surface area contributed by atoms with E-state index in [-0.39, 0.29) is 0 Å². The van der Waals surface area contributed by atoms with Crippen molar-refractivity contribution in [1.82, 2.24) is 9.97 Å². The number of hydrogen-bond donors (Lipinski definition) is 1. The summed E-state index contributed by atoms with van der Waals surface area (Å²) >= 11 is 0. The molecule has 1 rings (SSSR count). The highest BCUT2D eigenvalue weighted by molar-refractivity contribution is 5.35. The monoisotopic (exact) mass is 195 g/mol. The summed E-state index contributed by atoms with van der Waals surface area (Å²) in [6, 6.07) is 1.99. The SMILES string of the molecule is CC.CCNc1cc(C(C)C)ncn1. The van der Waals surface area contributed by atoms with Crippen LogP contribution in [0.4, 0.5) is 5.82 Å². The average molecular weight is 195 g/mol. The lowest BCUT2D eigenvalue weighted by Gasteiger charge is -2.06. The molecular formula is C11H21N3. The summed E-state index contributed by atoms with van der Waals surface area (Å²) in [4.78, 5) is 8.26. The first-order valence-electron chi connectivity index (χ1n) is 5.29. The van der Waals surface area contributed by atoms with Crippen molar-refractivity contribution < 1.29 is 0 Å². The first-order valence-corrected chi connectivity index (χ1v) is 5.29. The van der Waals surface area contributed by atoms with Gasteiger partial charge in [-0.25, -0.2) is 9.97 Å². The van der Waals surface area contributed by atoms with Crippen LogP contribution in [0, 0.1) is 0 Å². The molecule has 0 amide bonds. The second-order valence-electron chi connectivity index (χ2n) is 3.01. The van der Waals surface area contributed by atoms with Crippen molar-refractivity contribution >= 4 is 5.82 Å². The highest BCUT2D eigenvalue weighted by atomic mass is 15.0. The fourth-order valence-electron chi connectivity index (χ4n) is 0.966. The van der Waals surface area contributed by atoms with E-state index in [1.807, 2.05) is 19.9 Å². The Bertz CT molecular complexity index is 246. The minimum atomic E-state index is 0.463. The molecule has 0 unspecified atom stereocenters. The summed E-state index contributed by atoms with van der Waals surface area (Å²) in [6.45, 7) is 11.2. The fraction of sp³-hybridized carbons (Fsp3) is 0.636. The maximum Gasteiger partial charge on any atom is 0.129 e. The van der Waals surface area contributed by atoms with Gasteiger partial charge in [-0.15, -0.1) is 0 Å². The molecule has 0 atom stereocenters. The third-order valence-corrected chi connectivity index (χ3v) is 1.64. The van der Waals surface area contributed by atoms with E-state index in [0.717, 1.165) is 18.1 Å². The van der Waals surface area contributed by atoms with E-state index in [0.29, 0.717) is 5.92 Å². The van der Waals surface area contributed by atoms with E-state index < -0.39 is 0 Å². The zero-order valence-electron chi connectivity index (χ0n) is 9.83. The minimum Gasteiger partial charge on any atom is -0.370 e. The van der Waals surface area contributed by atoms with Gasteiger partial charge in [0.15, 0.2) is 0 Å². The van der Waals surface area contributed by atoms with Gasteiger partial charge in [0.2, 0.25) is 0 Å². The number of nitrogens with zero attached hydrogens (tertiary/aromatic N) is 2. The second kappa shape index (κ2) is 7.30. The maximum atomic E-state index is 4.17. The van der Waals surface area contributed by atoms with Crippen LogP contribution >= 0.6 is 0 Å². The Balaban J connectivity index is 0.000000791. The average Bonchev–Trinajstić information content (AvgIpc) is 2.22. The lowest BCUT2D eigenvalue weighted by Crippen LogP contribution is -2.01. The van der Waals surface area contributed by atoms with Crippen molar-refractivity contribution in [3.05, 3.63) is 18.1 Å². The highest BCUT2D eigenvalue weighted by Gasteiger charge is 2.01. The van der Waals surface area contributed by atoms with Crippen LogP contribution in [0.25, 0.3) is 0 Å². The number of aromatic nitrogens is 2. The fourth-order valence-corrected chi connectivity index (χ4v) is 0.966. The molecule has 0 aromatic carbocycles. The molecular weight excluding hydrogens is 174 g/mol. The molecule has 1 N–H and O–H groups in total. The van der Waals surface area contributed by atoms with Crippen LogP contribution in [0.2, 0.25) is 0 Å². The van der Waals surface area contributed by atoms with Gasteiger partial charge >= 0.3 is 0 Å². The topological polar surface area (TPSA) is 37.8 Å². The molecule has 0 bridgehead atoms. The van der Waals surface area contributed by atoms with Crippen LogP contribution in [0.5, 0.6) is 0 Å². The smallest absolute Gasteiger partial charge is 0.129 e. The van der Waals surface area contributed by atoms with Crippen LogP contribution in [0.3, 0.4) is 0 Å². The lowest BCUT2D eigenvalue weighted by molar-refractivity contribution is 0.814. The molecule has 0 saturated carbocycles. The Morgan fingerprint density at radius 2 is 1.93 bits per heavy atom. The number of anilines is 1. The third kappa shape index (κ3) is 4.21. The normalized spacial score (nSPS) is 9.29. The van der Waals surface area contributed by atoms with E-state index in [1.165, 1.54) is 0 Å². The Hall–Kier alpha value is -1.12. The van der Waals surface area contributed by atoms with Gasteiger partial charge in [-0.2, -0.15) is 0 Å². The second-order valence-corrected chi connectivity index (χ2v) is 3.01. The molecule has 0 aliphatic rings. The number of nitrogens with one attached hydrogen (secondary N) is 1. The van der Waals surface area contributed by atoms with Crippen LogP contribution in [-0.4, -0.2) is 16.5 Å². The molecule has 3 nitrogen and oxygen atoms in total. The summed E-state index contributed by atoms with van der Waals surface area (Å²) < 4.78 is 0. The standard InChI is InChI=1S/C9H15N3.C2H6/c1-4-10-9-5-8(7(2)3)11-6-12-9;1-2/h5-7H,4H2,1-3H3,(H,10,11,12);1-2H3. The molecule has 0 spiro atoms. The Morgan fingerprint density at radius 3 is 2.43 bits per heavy atom. The summed E-state index contributed by atoms with van der Waals surface area (Å²) in [5, 5.41) is 3.15. The quantitative estimate of drug-likeness (QED) is 0.805. The molecule has 1 heterocycles. The van der Waals surface area contributed by atoms with Gasteiger partial charge in [0.05, 0.1) is 0 Å². The number of rotatable bonds is 3. The van der Waals surface area contributed by atoms with Crippen molar-refractivity contribution in [3.8, 4) is 0 Å². The van der Waals surface area contributed by atoms with Crippen molar-refractivity contribution in [1.29, 1.82) is 0 Å². The molecule has 3 heteroatoms. The van der Waals surface area contributed by atoms with Gasteiger partial charge in [0.1, 0.15) is 12.1 Å². The van der Waals surface area contributed by atoms with Gasteiger partial charge < -0.3 is 5.32 Å². The Labute approximate surface area is 87.0 Å². The molecule has 0 aliphatic carbocycles. The van der Waals surface area contributed by atoms with Crippen molar-refractivity contribution in [2.75, 3.05) is 11.9 Å².